The summed E-state index contributed by atoms with van der Waals surface area (Å²) in [7, 11) is 0. The molecule has 0 bridgehead atoms. The summed E-state index contributed by atoms with van der Waals surface area (Å²) in [5, 5.41) is 5.96. The standard InChI is InChI=1S/C14H19BrN4O.BrH/c15-11-6-4-10(5-7-11)13(20)17-8-9-18-14(16)19-12-2-1-3-12;/h4-7,12H,1-3,8-9H2,(H,17,20)(H3,16,18,19);1H. The van der Waals surface area contributed by atoms with E-state index in [9.17, 15) is 4.79 Å². The van der Waals surface area contributed by atoms with Gasteiger partial charge >= 0.3 is 0 Å². The van der Waals surface area contributed by atoms with Gasteiger partial charge in [-0.15, -0.1) is 17.0 Å². The van der Waals surface area contributed by atoms with Crippen LogP contribution in [0.15, 0.2) is 33.7 Å². The third kappa shape index (κ3) is 6.05. The Bertz CT molecular complexity index is 486. The van der Waals surface area contributed by atoms with Crippen molar-refractivity contribution < 1.29 is 4.79 Å². The summed E-state index contributed by atoms with van der Waals surface area (Å²) in [5.41, 5.74) is 6.39. The minimum atomic E-state index is -0.0989. The van der Waals surface area contributed by atoms with Crippen LogP contribution in [0, 0.1) is 0 Å². The summed E-state index contributed by atoms with van der Waals surface area (Å²) in [6.45, 7) is 0.954. The lowest BCUT2D eigenvalue weighted by atomic mass is 9.93. The molecule has 4 N–H and O–H groups in total. The molecule has 0 unspecified atom stereocenters. The number of rotatable bonds is 5. The van der Waals surface area contributed by atoms with Gasteiger partial charge in [0.2, 0.25) is 0 Å². The Morgan fingerprint density at radius 1 is 1.33 bits per heavy atom. The van der Waals surface area contributed by atoms with E-state index in [1.807, 2.05) is 12.1 Å². The molecule has 7 heteroatoms. The Morgan fingerprint density at radius 3 is 2.57 bits per heavy atom. The zero-order chi connectivity index (χ0) is 14.4. The summed E-state index contributed by atoms with van der Waals surface area (Å²) in [6.07, 6.45) is 3.58. The van der Waals surface area contributed by atoms with Crippen LogP contribution in [0.1, 0.15) is 29.6 Å². The second-order valence-electron chi connectivity index (χ2n) is 4.80. The molecule has 2 rings (SSSR count). The van der Waals surface area contributed by atoms with Crippen LogP contribution in [0.2, 0.25) is 0 Å². The van der Waals surface area contributed by atoms with Gasteiger partial charge in [0.15, 0.2) is 5.96 Å². The number of amides is 1. The first kappa shape index (κ1) is 18.0. The van der Waals surface area contributed by atoms with E-state index in [0.717, 1.165) is 17.3 Å². The molecule has 1 aliphatic carbocycles. The number of benzene rings is 1. The zero-order valence-electron chi connectivity index (χ0n) is 11.6. The van der Waals surface area contributed by atoms with Gasteiger partial charge in [0, 0.05) is 22.6 Å². The molecule has 0 spiro atoms. The molecule has 1 saturated carbocycles. The summed E-state index contributed by atoms with van der Waals surface area (Å²) < 4.78 is 0.952. The average Bonchev–Trinajstić information content (AvgIpc) is 2.39. The van der Waals surface area contributed by atoms with E-state index in [1.54, 1.807) is 12.1 Å². The van der Waals surface area contributed by atoms with Gasteiger partial charge in [-0.2, -0.15) is 0 Å². The highest BCUT2D eigenvalue weighted by Crippen LogP contribution is 2.17. The molecule has 1 amide bonds. The number of hydrogen-bond acceptors (Lipinski definition) is 2. The predicted molar refractivity (Wildman–Crippen MR) is 94.1 cm³/mol. The van der Waals surface area contributed by atoms with Crippen LogP contribution >= 0.6 is 32.9 Å². The van der Waals surface area contributed by atoms with Crippen molar-refractivity contribution in [3.63, 3.8) is 0 Å². The third-order valence-electron chi connectivity index (χ3n) is 3.24. The molecule has 0 atom stereocenters. The van der Waals surface area contributed by atoms with E-state index >= 15 is 0 Å². The van der Waals surface area contributed by atoms with E-state index in [4.69, 9.17) is 5.73 Å². The van der Waals surface area contributed by atoms with Gasteiger partial charge in [-0.25, -0.2) is 0 Å². The second-order valence-corrected chi connectivity index (χ2v) is 5.72. The predicted octanol–water partition coefficient (Wildman–Crippen LogP) is 2.21. The Labute approximate surface area is 143 Å². The lowest BCUT2D eigenvalue weighted by Gasteiger charge is -2.26. The van der Waals surface area contributed by atoms with Gasteiger partial charge in [-0.3, -0.25) is 9.79 Å². The molecule has 21 heavy (non-hydrogen) atoms. The smallest absolute Gasteiger partial charge is 0.251 e. The Balaban J connectivity index is 0.00000220. The number of carbonyl (C=O) groups is 1. The molecule has 1 fully saturated rings. The second kappa shape index (κ2) is 9.04. The fourth-order valence-corrected chi connectivity index (χ4v) is 2.12. The van der Waals surface area contributed by atoms with Gasteiger partial charge in [-0.05, 0) is 43.5 Å². The van der Waals surface area contributed by atoms with Crippen molar-refractivity contribution in [1.82, 2.24) is 10.6 Å². The molecule has 0 heterocycles. The zero-order valence-corrected chi connectivity index (χ0v) is 14.9. The first-order valence-electron chi connectivity index (χ1n) is 6.75. The number of guanidine groups is 1. The van der Waals surface area contributed by atoms with Crippen LogP contribution in [-0.2, 0) is 0 Å². The SMILES string of the molecule is Br.NC(=NCCNC(=O)c1ccc(Br)cc1)NC1CCC1. The fraction of sp³-hybridized carbons (Fsp3) is 0.429. The maximum absolute atomic E-state index is 11.8. The number of carbonyl (C=O) groups excluding carboxylic acids is 1. The van der Waals surface area contributed by atoms with Crippen molar-refractivity contribution in [3.8, 4) is 0 Å². The molecule has 5 nitrogen and oxygen atoms in total. The normalized spacial score (nSPS) is 14.8. The average molecular weight is 420 g/mol. The van der Waals surface area contributed by atoms with E-state index < -0.39 is 0 Å². The van der Waals surface area contributed by atoms with Crippen molar-refractivity contribution >= 4 is 44.8 Å². The molecule has 116 valence electrons. The summed E-state index contributed by atoms with van der Waals surface area (Å²) in [6, 6.07) is 7.71. The van der Waals surface area contributed by atoms with Crippen LogP contribution < -0.4 is 16.4 Å². The number of aliphatic imine (C=N–C) groups is 1. The maximum atomic E-state index is 11.8. The monoisotopic (exact) mass is 418 g/mol. The Hall–Kier alpha value is -1.08. The molecule has 0 saturated heterocycles. The number of halogens is 2. The minimum Gasteiger partial charge on any atom is -0.370 e. The van der Waals surface area contributed by atoms with Gasteiger partial charge in [0.25, 0.3) is 5.91 Å². The molecule has 1 aliphatic rings. The first-order chi connectivity index (χ1) is 9.65. The lowest BCUT2D eigenvalue weighted by molar-refractivity contribution is 0.0955. The van der Waals surface area contributed by atoms with E-state index in [1.165, 1.54) is 6.42 Å². The summed E-state index contributed by atoms with van der Waals surface area (Å²) in [4.78, 5) is 16.0. The third-order valence-corrected chi connectivity index (χ3v) is 3.77. The van der Waals surface area contributed by atoms with E-state index in [2.05, 4.69) is 31.6 Å². The van der Waals surface area contributed by atoms with Crippen molar-refractivity contribution in [2.24, 2.45) is 10.7 Å². The van der Waals surface area contributed by atoms with E-state index in [-0.39, 0.29) is 22.9 Å². The number of hydrogen-bond donors (Lipinski definition) is 3. The van der Waals surface area contributed by atoms with Crippen molar-refractivity contribution in [2.75, 3.05) is 13.1 Å². The minimum absolute atomic E-state index is 0. The van der Waals surface area contributed by atoms with Crippen LogP contribution in [0.5, 0.6) is 0 Å². The van der Waals surface area contributed by atoms with Crippen molar-refractivity contribution in [3.05, 3.63) is 34.3 Å². The van der Waals surface area contributed by atoms with Crippen LogP contribution in [0.4, 0.5) is 0 Å². The summed E-state index contributed by atoms with van der Waals surface area (Å²) >= 11 is 3.33. The Kier molecular flexibility index (Phi) is 7.74. The highest BCUT2D eigenvalue weighted by molar-refractivity contribution is 9.10. The van der Waals surface area contributed by atoms with Gasteiger partial charge in [-0.1, -0.05) is 15.9 Å². The van der Waals surface area contributed by atoms with Crippen LogP contribution in [-0.4, -0.2) is 31.0 Å². The Morgan fingerprint density at radius 2 is 2.00 bits per heavy atom. The lowest BCUT2D eigenvalue weighted by Crippen LogP contribution is -2.44. The van der Waals surface area contributed by atoms with Gasteiger partial charge < -0.3 is 16.4 Å². The fourth-order valence-electron chi connectivity index (χ4n) is 1.86. The van der Waals surface area contributed by atoms with Crippen LogP contribution in [0.3, 0.4) is 0 Å². The topological polar surface area (TPSA) is 79.5 Å². The molecule has 1 aromatic carbocycles. The first-order valence-corrected chi connectivity index (χ1v) is 7.54. The summed E-state index contributed by atoms with van der Waals surface area (Å²) in [5.74, 6) is 0.366. The largest absolute Gasteiger partial charge is 0.370 e. The molecule has 0 aliphatic heterocycles. The number of nitrogens with one attached hydrogen (secondary N) is 2. The van der Waals surface area contributed by atoms with E-state index in [0.29, 0.717) is 30.7 Å². The molecule has 1 aromatic rings. The van der Waals surface area contributed by atoms with Crippen molar-refractivity contribution in [1.29, 1.82) is 0 Å². The highest BCUT2D eigenvalue weighted by atomic mass is 79.9. The van der Waals surface area contributed by atoms with Gasteiger partial charge in [0.1, 0.15) is 0 Å². The molecule has 0 aromatic heterocycles. The molecular weight excluding hydrogens is 400 g/mol. The maximum Gasteiger partial charge on any atom is 0.251 e. The number of nitrogens with zero attached hydrogens (tertiary/aromatic N) is 1. The molecule has 0 radical (unpaired) electrons. The highest BCUT2D eigenvalue weighted by Gasteiger charge is 2.16. The quantitative estimate of drug-likeness (QED) is 0.389. The van der Waals surface area contributed by atoms with Gasteiger partial charge in [0.05, 0.1) is 6.54 Å². The number of nitrogens with two attached hydrogens (primary N) is 1. The van der Waals surface area contributed by atoms with Crippen molar-refractivity contribution in [2.45, 2.75) is 25.3 Å². The molecular formula is C14H20Br2N4O. The van der Waals surface area contributed by atoms with Crippen LogP contribution in [0.25, 0.3) is 0 Å².